The number of hydrogen-bond acceptors (Lipinski definition) is 3. The minimum atomic E-state index is -0.290. The predicted molar refractivity (Wildman–Crippen MR) is 71.9 cm³/mol. The zero-order chi connectivity index (χ0) is 14.3. The molecule has 0 aliphatic heterocycles. The summed E-state index contributed by atoms with van der Waals surface area (Å²) in [4.78, 5) is 23.9. The summed E-state index contributed by atoms with van der Waals surface area (Å²) in [5, 5.41) is 9.81. The van der Waals surface area contributed by atoms with E-state index >= 15 is 0 Å². The highest BCUT2D eigenvalue weighted by Crippen LogP contribution is 2.04. The molecule has 0 unspecified atom stereocenters. The number of hydrogen-bond donors (Lipinski definition) is 2. The van der Waals surface area contributed by atoms with Gasteiger partial charge in [0.25, 0.3) is 0 Å². The van der Waals surface area contributed by atoms with Gasteiger partial charge in [-0.2, -0.15) is 5.10 Å². The maximum absolute atomic E-state index is 11.4. The molecule has 0 bridgehead atoms. The van der Waals surface area contributed by atoms with Crippen LogP contribution in [0.3, 0.4) is 0 Å². The second-order valence-electron chi connectivity index (χ2n) is 4.18. The normalized spacial score (nSPS) is 10.1. The molecule has 1 heterocycles. The summed E-state index contributed by atoms with van der Waals surface area (Å²) in [6, 6.07) is -0.290. The largest absolute Gasteiger partial charge is 0.354 e. The van der Waals surface area contributed by atoms with E-state index in [1.165, 1.54) is 4.90 Å². The molecule has 0 aromatic carbocycles. The van der Waals surface area contributed by atoms with E-state index in [1.54, 1.807) is 31.2 Å². The third-order valence-corrected chi connectivity index (χ3v) is 2.49. The van der Waals surface area contributed by atoms with Crippen molar-refractivity contribution in [2.75, 3.05) is 27.2 Å². The minimum Gasteiger partial charge on any atom is -0.354 e. The fourth-order valence-electron chi connectivity index (χ4n) is 1.31. The Hall–Kier alpha value is -1.76. The molecule has 19 heavy (non-hydrogen) atoms. The first-order valence-corrected chi connectivity index (χ1v) is 6.26. The van der Waals surface area contributed by atoms with Crippen LogP contribution in [0.25, 0.3) is 0 Å². The van der Waals surface area contributed by atoms with E-state index in [-0.39, 0.29) is 18.5 Å². The van der Waals surface area contributed by atoms with Crippen LogP contribution in [0.15, 0.2) is 12.4 Å². The molecule has 0 spiro atoms. The molecule has 0 atom stereocenters. The molecule has 1 aromatic rings. The molecular weight excluding hydrogens is 270 g/mol. The third-order valence-electron chi connectivity index (χ3n) is 2.29. The molecule has 0 radical (unpaired) electrons. The molecule has 0 saturated heterocycles. The Labute approximate surface area is 116 Å². The monoisotopic (exact) mass is 287 g/mol. The standard InChI is InChI=1S/C11H18ClN5O2/c1-16(2)11(19)14-7-10(18)13-4-3-5-17-8-9(12)6-15-17/h6,8H,3-5,7H2,1-2H3,(H,13,18)(H,14,19). The summed E-state index contributed by atoms with van der Waals surface area (Å²) in [6.07, 6.45) is 4.03. The van der Waals surface area contributed by atoms with Crippen molar-refractivity contribution in [1.29, 1.82) is 0 Å². The van der Waals surface area contributed by atoms with Crippen molar-refractivity contribution < 1.29 is 9.59 Å². The first-order valence-electron chi connectivity index (χ1n) is 5.89. The summed E-state index contributed by atoms with van der Waals surface area (Å²) in [5.41, 5.74) is 0. The van der Waals surface area contributed by atoms with E-state index in [4.69, 9.17) is 11.6 Å². The molecular formula is C11H18ClN5O2. The Morgan fingerprint density at radius 1 is 1.42 bits per heavy atom. The maximum atomic E-state index is 11.4. The van der Waals surface area contributed by atoms with Gasteiger partial charge in [0.2, 0.25) is 5.91 Å². The molecule has 0 aliphatic carbocycles. The smallest absolute Gasteiger partial charge is 0.317 e. The van der Waals surface area contributed by atoms with Gasteiger partial charge >= 0.3 is 6.03 Å². The quantitative estimate of drug-likeness (QED) is 0.739. The second kappa shape index (κ2) is 7.63. The number of aryl methyl sites for hydroxylation is 1. The Kier molecular flexibility index (Phi) is 6.14. The zero-order valence-electron chi connectivity index (χ0n) is 11.0. The van der Waals surface area contributed by atoms with E-state index in [0.29, 0.717) is 18.1 Å². The summed E-state index contributed by atoms with van der Waals surface area (Å²) >= 11 is 5.72. The van der Waals surface area contributed by atoms with Gasteiger partial charge in [-0.05, 0) is 6.42 Å². The van der Waals surface area contributed by atoms with Gasteiger partial charge in [0.05, 0.1) is 17.8 Å². The van der Waals surface area contributed by atoms with Crippen molar-refractivity contribution >= 4 is 23.5 Å². The Morgan fingerprint density at radius 3 is 2.74 bits per heavy atom. The van der Waals surface area contributed by atoms with Crippen LogP contribution >= 0.6 is 11.6 Å². The highest BCUT2D eigenvalue weighted by molar-refractivity contribution is 6.30. The zero-order valence-corrected chi connectivity index (χ0v) is 11.8. The van der Waals surface area contributed by atoms with Gasteiger partial charge in [0.1, 0.15) is 0 Å². The Morgan fingerprint density at radius 2 is 2.16 bits per heavy atom. The summed E-state index contributed by atoms with van der Waals surface area (Å²) in [7, 11) is 3.23. The lowest BCUT2D eigenvalue weighted by molar-refractivity contribution is -0.120. The Bertz CT molecular complexity index is 432. The molecule has 106 valence electrons. The second-order valence-corrected chi connectivity index (χ2v) is 4.61. The number of urea groups is 1. The number of nitrogens with zero attached hydrogens (tertiary/aromatic N) is 3. The highest BCUT2D eigenvalue weighted by Gasteiger charge is 2.05. The number of amides is 3. The van der Waals surface area contributed by atoms with Crippen molar-refractivity contribution in [2.45, 2.75) is 13.0 Å². The summed E-state index contributed by atoms with van der Waals surface area (Å²) in [5.74, 6) is -0.214. The van der Waals surface area contributed by atoms with Crippen LogP contribution in [0.1, 0.15) is 6.42 Å². The molecule has 1 aromatic heterocycles. The van der Waals surface area contributed by atoms with E-state index in [9.17, 15) is 9.59 Å². The van der Waals surface area contributed by atoms with Gasteiger partial charge < -0.3 is 15.5 Å². The van der Waals surface area contributed by atoms with Gasteiger partial charge in [-0.1, -0.05) is 11.6 Å². The molecule has 0 aliphatic rings. The number of carbonyl (C=O) groups excluding carboxylic acids is 2. The first-order chi connectivity index (χ1) is 8.99. The van der Waals surface area contributed by atoms with Crippen LogP contribution in [0.4, 0.5) is 4.79 Å². The number of carbonyl (C=O) groups is 2. The van der Waals surface area contributed by atoms with Crippen LogP contribution in [0.2, 0.25) is 5.02 Å². The average Bonchev–Trinajstić information content (AvgIpc) is 2.77. The number of halogens is 1. The highest BCUT2D eigenvalue weighted by atomic mass is 35.5. The van der Waals surface area contributed by atoms with Gasteiger partial charge in [-0.15, -0.1) is 0 Å². The number of rotatable bonds is 6. The molecule has 0 saturated carbocycles. The predicted octanol–water partition coefficient (Wildman–Crippen LogP) is 0.314. The third kappa shape index (κ3) is 6.10. The topological polar surface area (TPSA) is 79.3 Å². The van der Waals surface area contributed by atoms with Crippen LogP contribution in [0, 0.1) is 0 Å². The SMILES string of the molecule is CN(C)C(=O)NCC(=O)NCCCn1cc(Cl)cn1. The molecule has 0 fully saturated rings. The molecule has 8 heteroatoms. The van der Waals surface area contributed by atoms with Crippen molar-refractivity contribution in [3.8, 4) is 0 Å². The van der Waals surface area contributed by atoms with Crippen LogP contribution in [-0.2, 0) is 11.3 Å². The van der Waals surface area contributed by atoms with Crippen LogP contribution < -0.4 is 10.6 Å². The van der Waals surface area contributed by atoms with Crippen molar-refractivity contribution in [2.24, 2.45) is 0 Å². The van der Waals surface area contributed by atoms with E-state index < -0.39 is 0 Å². The van der Waals surface area contributed by atoms with Gasteiger partial charge in [0.15, 0.2) is 0 Å². The van der Waals surface area contributed by atoms with E-state index in [1.807, 2.05) is 0 Å². The summed E-state index contributed by atoms with van der Waals surface area (Å²) in [6.45, 7) is 1.18. The number of nitrogens with one attached hydrogen (secondary N) is 2. The fraction of sp³-hybridized carbons (Fsp3) is 0.545. The van der Waals surface area contributed by atoms with Crippen molar-refractivity contribution in [3.05, 3.63) is 17.4 Å². The van der Waals surface area contributed by atoms with Gasteiger partial charge in [-0.25, -0.2) is 4.79 Å². The van der Waals surface area contributed by atoms with Gasteiger partial charge in [-0.3, -0.25) is 9.48 Å². The van der Waals surface area contributed by atoms with Gasteiger partial charge in [0, 0.05) is 33.4 Å². The lowest BCUT2D eigenvalue weighted by Crippen LogP contribution is -2.41. The molecule has 2 N–H and O–H groups in total. The van der Waals surface area contributed by atoms with Crippen LogP contribution in [0.5, 0.6) is 0 Å². The lowest BCUT2D eigenvalue weighted by Gasteiger charge is -2.11. The summed E-state index contributed by atoms with van der Waals surface area (Å²) < 4.78 is 1.71. The molecule has 1 rings (SSSR count). The fourth-order valence-corrected chi connectivity index (χ4v) is 1.46. The van der Waals surface area contributed by atoms with Crippen molar-refractivity contribution in [3.63, 3.8) is 0 Å². The van der Waals surface area contributed by atoms with Crippen LogP contribution in [-0.4, -0.2) is 53.8 Å². The van der Waals surface area contributed by atoms with E-state index in [0.717, 1.165) is 6.42 Å². The maximum Gasteiger partial charge on any atom is 0.317 e. The van der Waals surface area contributed by atoms with E-state index in [2.05, 4.69) is 15.7 Å². The Balaban J connectivity index is 2.09. The molecule has 7 nitrogen and oxygen atoms in total. The minimum absolute atomic E-state index is 0.0232. The van der Waals surface area contributed by atoms with Crippen molar-refractivity contribution in [1.82, 2.24) is 25.3 Å². The average molecular weight is 288 g/mol. The lowest BCUT2D eigenvalue weighted by atomic mass is 10.4. The molecule has 3 amide bonds. The number of aromatic nitrogens is 2. The first kappa shape index (κ1) is 15.3.